The van der Waals surface area contributed by atoms with Gasteiger partial charge in [-0.1, -0.05) is 0 Å². The highest BCUT2D eigenvalue weighted by Gasteiger charge is 2.46. The summed E-state index contributed by atoms with van der Waals surface area (Å²) in [4.78, 5) is 0. The SMILES string of the molecule is CC(C)NS(=O)(=O)C[C@@H]1C[C@@H]1C(F)F. The van der Waals surface area contributed by atoms with Crippen LogP contribution in [0.3, 0.4) is 0 Å². The highest BCUT2D eigenvalue weighted by atomic mass is 32.2. The van der Waals surface area contributed by atoms with Crippen molar-refractivity contribution >= 4 is 10.0 Å². The molecule has 0 aromatic heterocycles. The van der Waals surface area contributed by atoms with E-state index in [-0.39, 0.29) is 17.7 Å². The fourth-order valence-corrected chi connectivity index (χ4v) is 3.22. The highest BCUT2D eigenvalue weighted by molar-refractivity contribution is 7.89. The number of rotatable bonds is 5. The van der Waals surface area contributed by atoms with Gasteiger partial charge in [0.15, 0.2) is 0 Å². The Morgan fingerprint density at radius 2 is 2.00 bits per heavy atom. The standard InChI is InChI=1S/C8H15F2NO2S/c1-5(2)11-14(12,13)4-6-3-7(6)8(9)10/h5-8,11H,3-4H2,1-2H3/t6-,7-/m0/s1. The van der Waals surface area contributed by atoms with Crippen molar-refractivity contribution in [1.82, 2.24) is 4.72 Å². The fraction of sp³-hybridized carbons (Fsp3) is 1.00. The predicted molar refractivity (Wildman–Crippen MR) is 49.7 cm³/mol. The molecule has 6 heteroatoms. The van der Waals surface area contributed by atoms with Crippen LogP contribution in [0.1, 0.15) is 20.3 Å². The van der Waals surface area contributed by atoms with Crippen molar-refractivity contribution in [3.63, 3.8) is 0 Å². The molecule has 3 nitrogen and oxygen atoms in total. The lowest BCUT2D eigenvalue weighted by molar-refractivity contribution is 0.117. The van der Waals surface area contributed by atoms with E-state index in [2.05, 4.69) is 4.72 Å². The topological polar surface area (TPSA) is 46.2 Å². The molecular weight excluding hydrogens is 212 g/mol. The zero-order chi connectivity index (χ0) is 10.9. The molecule has 0 aliphatic heterocycles. The number of nitrogens with one attached hydrogen (secondary N) is 1. The summed E-state index contributed by atoms with van der Waals surface area (Å²) in [6.45, 7) is 3.41. The van der Waals surface area contributed by atoms with Gasteiger partial charge in [0.05, 0.1) is 5.75 Å². The maximum atomic E-state index is 12.1. The summed E-state index contributed by atoms with van der Waals surface area (Å²) in [7, 11) is -3.37. The highest BCUT2D eigenvalue weighted by Crippen LogP contribution is 2.43. The van der Waals surface area contributed by atoms with Gasteiger partial charge in [-0.2, -0.15) is 0 Å². The third kappa shape index (κ3) is 3.49. The van der Waals surface area contributed by atoms with E-state index in [0.717, 1.165) is 0 Å². The molecule has 1 N–H and O–H groups in total. The zero-order valence-corrected chi connectivity index (χ0v) is 9.02. The number of hydrogen-bond donors (Lipinski definition) is 1. The van der Waals surface area contributed by atoms with E-state index >= 15 is 0 Å². The van der Waals surface area contributed by atoms with Crippen LogP contribution in [0, 0.1) is 11.8 Å². The van der Waals surface area contributed by atoms with Crippen molar-refractivity contribution in [1.29, 1.82) is 0 Å². The summed E-state index contributed by atoms with van der Waals surface area (Å²) in [6.07, 6.45) is -2.05. The first-order valence-electron chi connectivity index (χ1n) is 4.60. The first-order valence-corrected chi connectivity index (χ1v) is 6.25. The molecule has 0 saturated heterocycles. The molecule has 2 atom stereocenters. The van der Waals surface area contributed by atoms with E-state index in [0.29, 0.717) is 6.42 Å². The maximum Gasteiger partial charge on any atom is 0.241 e. The Kier molecular flexibility index (Phi) is 3.47. The normalized spacial score (nSPS) is 27.3. The minimum Gasteiger partial charge on any atom is -0.213 e. The summed E-state index contributed by atoms with van der Waals surface area (Å²) < 4.78 is 49.2. The van der Waals surface area contributed by atoms with E-state index in [1.54, 1.807) is 13.8 Å². The Labute approximate surface area is 82.9 Å². The van der Waals surface area contributed by atoms with Crippen LogP contribution in [-0.4, -0.2) is 26.6 Å². The van der Waals surface area contributed by atoms with Crippen LogP contribution >= 0.6 is 0 Å². The third-order valence-corrected chi connectivity index (χ3v) is 3.85. The van der Waals surface area contributed by atoms with Gasteiger partial charge in [-0.25, -0.2) is 21.9 Å². The fourth-order valence-electron chi connectivity index (χ4n) is 1.46. The van der Waals surface area contributed by atoms with Gasteiger partial charge < -0.3 is 0 Å². The Hall–Kier alpha value is -0.230. The first-order chi connectivity index (χ1) is 6.32. The minimum atomic E-state index is -3.37. The Balaban J connectivity index is 2.39. The van der Waals surface area contributed by atoms with E-state index in [9.17, 15) is 17.2 Å². The molecule has 1 rings (SSSR count). The molecule has 84 valence electrons. The lowest BCUT2D eigenvalue weighted by Crippen LogP contribution is -2.33. The van der Waals surface area contributed by atoms with Crippen molar-refractivity contribution in [2.75, 3.05) is 5.75 Å². The molecule has 0 bridgehead atoms. The van der Waals surface area contributed by atoms with Crippen molar-refractivity contribution in [2.24, 2.45) is 11.8 Å². The van der Waals surface area contributed by atoms with Gasteiger partial charge in [0.1, 0.15) is 0 Å². The van der Waals surface area contributed by atoms with E-state index in [1.165, 1.54) is 0 Å². The lowest BCUT2D eigenvalue weighted by atomic mass is 10.4. The second-order valence-corrected chi connectivity index (χ2v) is 5.85. The number of hydrogen-bond acceptors (Lipinski definition) is 2. The third-order valence-electron chi connectivity index (χ3n) is 2.15. The van der Waals surface area contributed by atoms with Gasteiger partial charge >= 0.3 is 0 Å². The van der Waals surface area contributed by atoms with Crippen LogP contribution in [0.5, 0.6) is 0 Å². The summed E-state index contributed by atoms with van der Waals surface area (Å²) >= 11 is 0. The van der Waals surface area contributed by atoms with Crippen molar-refractivity contribution in [2.45, 2.75) is 32.7 Å². The van der Waals surface area contributed by atoms with Gasteiger partial charge in [-0.3, -0.25) is 0 Å². The Morgan fingerprint density at radius 3 is 2.36 bits per heavy atom. The van der Waals surface area contributed by atoms with Crippen molar-refractivity contribution < 1.29 is 17.2 Å². The summed E-state index contributed by atoms with van der Waals surface area (Å²) in [5.41, 5.74) is 0. The minimum absolute atomic E-state index is 0.166. The van der Waals surface area contributed by atoms with E-state index < -0.39 is 22.4 Å². The molecule has 1 saturated carbocycles. The molecule has 14 heavy (non-hydrogen) atoms. The van der Waals surface area contributed by atoms with Crippen LogP contribution in [-0.2, 0) is 10.0 Å². The summed E-state index contributed by atoms with van der Waals surface area (Å²) in [5, 5.41) is 0. The van der Waals surface area contributed by atoms with Crippen LogP contribution in [0.4, 0.5) is 8.78 Å². The largest absolute Gasteiger partial charge is 0.241 e. The second-order valence-electron chi connectivity index (χ2n) is 4.05. The second kappa shape index (κ2) is 4.10. The van der Waals surface area contributed by atoms with Crippen LogP contribution < -0.4 is 4.72 Å². The smallest absolute Gasteiger partial charge is 0.213 e. The quantitative estimate of drug-likeness (QED) is 0.767. The molecule has 1 aliphatic rings. The number of halogens is 2. The van der Waals surface area contributed by atoms with Crippen LogP contribution in [0.25, 0.3) is 0 Å². The van der Waals surface area contributed by atoms with Gasteiger partial charge in [-0.15, -0.1) is 0 Å². The molecule has 0 heterocycles. The average molecular weight is 227 g/mol. The molecular formula is C8H15F2NO2S. The predicted octanol–water partition coefficient (Wildman–Crippen LogP) is 1.22. The monoisotopic (exact) mass is 227 g/mol. The molecule has 1 fully saturated rings. The van der Waals surface area contributed by atoms with Gasteiger partial charge in [0.25, 0.3) is 0 Å². The summed E-state index contributed by atoms with van der Waals surface area (Å²) in [5.74, 6) is -1.23. The molecule has 1 aliphatic carbocycles. The number of sulfonamides is 1. The van der Waals surface area contributed by atoms with E-state index in [4.69, 9.17) is 0 Å². The Bertz CT molecular complexity index is 290. The maximum absolute atomic E-state index is 12.1. The van der Waals surface area contributed by atoms with Gasteiger partial charge in [0.2, 0.25) is 16.4 Å². The van der Waals surface area contributed by atoms with Crippen molar-refractivity contribution in [3.05, 3.63) is 0 Å². The summed E-state index contributed by atoms with van der Waals surface area (Å²) in [6, 6.07) is -0.177. The van der Waals surface area contributed by atoms with Crippen LogP contribution in [0.2, 0.25) is 0 Å². The molecule has 0 unspecified atom stereocenters. The van der Waals surface area contributed by atoms with Crippen molar-refractivity contribution in [3.8, 4) is 0 Å². The lowest BCUT2D eigenvalue weighted by Gasteiger charge is -2.08. The Morgan fingerprint density at radius 1 is 1.43 bits per heavy atom. The van der Waals surface area contributed by atoms with Gasteiger partial charge in [-0.05, 0) is 26.2 Å². The molecule has 0 radical (unpaired) electrons. The first kappa shape index (κ1) is 11.8. The molecule has 0 aromatic carbocycles. The van der Waals surface area contributed by atoms with Crippen LogP contribution in [0.15, 0.2) is 0 Å². The molecule has 0 amide bonds. The van der Waals surface area contributed by atoms with E-state index in [1.807, 2.05) is 0 Å². The molecule has 0 aromatic rings. The number of alkyl halides is 2. The molecule has 0 spiro atoms. The zero-order valence-electron chi connectivity index (χ0n) is 8.20. The van der Waals surface area contributed by atoms with Gasteiger partial charge in [0, 0.05) is 12.0 Å². The average Bonchev–Trinajstić information content (AvgIpc) is 2.62.